The number of hydrogen-bond acceptors (Lipinski definition) is 3. The Bertz CT molecular complexity index is 768. The topological polar surface area (TPSA) is 58.6 Å². The van der Waals surface area contributed by atoms with Gasteiger partial charge in [-0.1, -0.05) is 29.8 Å². The van der Waals surface area contributed by atoms with E-state index in [0.717, 1.165) is 38.8 Å². The molecule has 144 valence electrons. The van der Waals surface area contributed by atoms with Crippen molar-refractivity contribution >= 4 is 12.0 Å². The molecule has 0 radical (unpaired) electrons. The maximum absolute atomic E-state index is 12.8. The summed E-state index contributed by atoms with van der Waals surface area (Å²) in [6.07, 6.45) is 5.94. The number of aryl methyl sites for hydroxylation is 1. The molecule has 27 heavy (non-hydrogen) atoms. The molecule has 0 atom stereocenters. The SMILES string of the molecule is Cc1cccc(C2CC3(CCN(C(=O)C4CC5(COC(=O)N5)C4)CC3)C2)c1. The van der Waals surface area contributed by atoms with Crippen LogP contribution in [0.3, 0.4) is 0 Å². The van der Waals surface area contributed by atoms with Crippen LogP contribution in [-0.2, 0) is 9.53 Å². The summed E-state index contributed by atoms with van der Waals surface area (Å²) >= 11 is 0. The first-order valence-corrected chi connectivity index (χ1v) is 10.3. The summed E-state index contributed by atoms with van der Waals surface area (Å²) in [6, 6.07) is 8.92. The van der Waals surface area contributed by atoms with Crippen molar-refractivity contribution in [2.24, 2.45) is 11.3 Å². The molecule has 2 saturated carbocycles. The Hall–Kier alpha value is -2.04. The van der Waals surface area contributed by atoms with Crippen LogP contribution >= 0.6 is 0 Å². The first-order valence-electron chi connectivity index (χ1n) is 10.3. The van der Waals surface area contributed by atoms with Crippen molar-refractivity contribution in [1.82, 2.24) is 10.2 Å². The molecule has 2 amide bonds. The van der Waals surface area contributed by atoms with E-state index < -0.39 is 0 Å². The van der Waals surface area contributed by atoms with Crippen molar-refractivity contribution in [2.45, 2.75) is 56.9 Å². The van der Waals surface area contributed by atoms with Crippen molar-refractivity contribution < 1.29 is 14.3 Å². The predicted molar refractivity (Wildman–Crippen MR) is 101 cm³/mol. The van der Waals surface area contributed by atoms with Gasteiger partial charge in [0.1, 0.15) is 6.61 Å². The van der Waals surface area contributed by atoms with Crippen LogP contribution in [0.5, 0.6) is 0 Å². The van der Waals surface area contributed by atoms with E-state index in [1.807, 2.05) is 0 Å². The molecule has 4 fully saturated rings. The number of carbonyl (C=O) groups excluding carboxylic acids is 2. The van der Waals surface area contributed by atoms with Crippen LogP contribution in [0.4, 0.5) is 4.79 Å². The summed E-state index contributed by atoms with van der Waals surface area (Å²) in [7, 11) is 0. The maximum Gasteiger partial charge on any atom is 0.407 e. The minimum atomic E-state index is -0.339. The van der Waals surface area contributed by atoms with Gasteiger partial charge < -0.3 is 15.0 Å². The second kappa shape index (κ2) is 5.98. The summed E-state index contributed by atoms with van der Waals surface area (Å²) < 4.78 is 5.01. The summed E-state index contributed by atoms with van der Waals surface area (Å²) in [5, 5.41) is 2.88. The molecule has 5 heteroatoms. The van der Waals surface area contributed by atoms with Gasteiger partial charge >= 0.3 is 6.09 Å². The Morgan fingerprint density at radius 1 is 1.19 bits per heavy atom. The van der Waals surface area contributed by atoms with Gasteiger partial charge in [0.05, 0.1) is 5.54 Å². The number of cyclic esters (lactones) is 1. The molecular weight excluding hydrogens is 340 g/mol. The van der Waals surface area contributed by atoms with E-state index in [4.69, 9.17) is 4.74 Å². The highest BCUT2D eigenvalue weighted by atomic mass is 16.6. The van der Waals surface area contributed by atoms with Crippen molar-refractivity contribution in [3.05, 3.63) is 35.4 Å². The Labute approximate surface area is 160 Å². The highest BCUT2D eigenvalue weighted by molar-refractivity contribution is 5.81. The van der Waals surface area contributed by atoms with Gasteiger partial charge in [-0.3, -0.25) is 4.79 Å². The van der Waals surface area contributed by atoms with Gasteiger partial charge in [-0.25, -0.2) is 4.79 Å². The number of amides is 2. The first kappa shape index (κ1) is 17.1. The molecule has 2 aliphatic carbocycles. The van der Waals surface area contributed by atoms with Gasteiger partial charge in [0.25, 0.3) is 0 Å². The van der Waals surface area contributed by atoms with E-state index in [2.05, 4.69) is 41.4 Å². The Morgan fingerprint density at radius 3 is 2.56 bits per heavy atom. The lowest BCUT2D eigenvalue weighted by Crippen LogP contribution is -2.59. The average Bonchev–Trinajstić information content (AvgIpc) is 3.00. The van der Waals surface area contributed by atoms with Crippen LogP contribution in [0.25, 0.3) is 0 Å². The van der Waals surface area contributed by atoms with Gasteiger partial charge in [-0.05, 0) is 62.3 Å². The zero-order valence-corrected chi connectivity index (χ0v) is 16.0. The molecule has 2 heterocycles. The summed E-state index contributed by atoms with van der Waals surface area (Å²) in [6.45, 7) is 4.37. The fourth-order valence-corrected chi connectivity index (χ4v) is 5.78. The zero-order chi connectivity index (χ0) is 18.6. The number of alkyl carbamates (subject to hydrolysis) is 1. The molecule has 2 saturated heterocycles. The molecule has 4 aliphatic rings. The summed E-state index contributed by atoms with van der Waals surface area (Å²) in [5.74, 6) is 1.04. The largest absolute Gasteiger partial charge is 0.447 e. The molecule has 0 unspecified atom stereocenters. The Kier molecular flexibility index (Phi) is 3.78. The second-order valence-electron chi connectivity index (χ2n) is 9.43. The molecule has 0 bridgehead atoms. The fourth-order valence-electron chi connectivity index (χ4n) is 5.78. The number of benzene rings is 1. The van der Waals surface area contributed by atoms with E-state index in [-0.39, 0.29) is 23.5 Å². The molecule has 0 aromatic heterocycles. The van der Waals surface area contributed by atoms with E-state index in [1.54, 1.807) is 0 Å². The van der Waals surface area contributed by atoms with Crippen LogP contribution in [0.1, 0.15) is 55.6 Å². The van der Waals surface area contributed by atoms with Crippen molar-refractivity contribution in [1.29, 1.82) is 0 Å². The Balaban J connectivity index is 1.12. The number of nitrogens with one attached hydrogen (secondary N) is 1. The van der Waals surface area contributed by atoms with Gasteiger partial charge in [-0.15, -0.1) is 0 Å². The van der Waals surface area contributed by atoms with Crippen LogP contribution in [-0.4, -0.2) is 42.1 Å². The number of likely N-dealkylation sites (tertiary alicyclic amines) is 1. The van der Waals surface area contributed by atoms with E-state index in [0.29, 0.717) is 17.9 Å². The number of rotatable bonds is 2. The van der Waals surface area contributed by atoms with Gasteiger partial charge in [0.15, 0.2) is 0 Å². The lowest BCUT2D eigenvalue weighted by Gasteiger charge is -2.53. The zero-order valence-electron chi connectivity index (χ0n) is 16.0. The normalized spacial score (nSPS) is 28.4. The van der Waals surface area contributed by atoms with Crippen LogP contribution < -0.4 is 5.32 Å². The summed E-state index contributed by atoms with van der Waals surface area (Å²) in [5.41, 5.74) is 3.03. The molecular formula is C22H28N2O3. The van der Waals surface area contributed by atoms with Crippen molar-refractivity contribution in [3.63, 3.8) is 0 Å². The quantitative estimate of drug-likeness (QED) is 0.871. The third-order valence-corrected chi connectivity index (χ3v) is 7.48. The first-order chi connectivity index (χ1) is 13.0. The Morgan fingerprint density at radius 2 is 1.93 bits per heavy atom. The lowest BCUT2D eigenvalue weighted by molar-refractivity contribution is -0.144. The maximum atomic E-state index is 12.8. The number of carbonyl (C=O) groups is 2. The smallest absolute Gasteiger partial charge is 0.407 e. The number of nitrogens with zero attached hydrogens (tertiary/aromatic N) is 1. The number of ether oxygens (including phenoxy) is 1. The monoisotopic (exact) mass is 368 g/mol. The summed E-state index contributed by atoms with van der Waals surface area (Å²) in [4.78, 5) is 26.1. The van der Waals surface area contributed by atoms with E-state index in [9.17, 15) is 9.59 Å². The molecule has 5 rings (SSSR count). The molecule has 2 spiro atoms. The minimum Gasteiger partial charge on any atom is -0.447 e. The molecule has 1 N–H and O–H groups in total. The molecule has 5 nitrogen and oxygen atoms in total. The van der Waals surface area contributed by atoms with Crippen LogP contribution in [0.15, 0.2) is 24.3 Å². The molecule has 2 aliphatic heterocycles. The van der Waals surface area contributed by atoms with Crippen LogP contribution in [0.2, 0.25) is 0 Å². The van der Waals surface area contributed by atoms with Gasteiger partial charge in [-0.2, -0.15) is 0 Å². The van der Waals surface area contributed by atoms with Crippen LogP contribution in [0, 0.1) is 18.3 Å². The van der Waals surface area contributed by atoms with Gasteiger partial charge in [0.2, 0.25) is 5.91 Å². The predicted octanol–water partition coefficient (Wildman–Crippen LogP) is 3.37. The van der Waals surface area contributed by atoms with Crippen molar-refractivity contribution in [3.8, 4) is 0 Å². The van der Waals surface area contributed by atoms with Crippen molar-refractivity contribution in [2.75, 3.05) is 19.7 Å². The third kappa shape index (κ3) is 2.91. The van der Waals surface area contributed by atoms with E-state index >= 15 is 0 Å². The highest BCUT2D eigenvalue weighted by Gasteiger charge is 2.54. The standard InChI is InChI=1S/C22H28N2O3/c1-15-3-2-4-16(9-15)17-10-21(11-17)5-7-24(8-6-21)19(25)18-12-22(13-18)14-27-20(26)23-22/h2-4,9,17-18H,5-8,10-14H2,1H3,(H,23,26). The second-order valence-corrected chi connectivity index (χ2v) is 9.43. The molecule has 1 aromatic rings. The number of hydrogen-bond donors (Lipinski definition) is 1. The van der Waals surface area contributed by atoms with Gasteiger partial charge in [0, 0.05) is 19.0 Å². The molecule has 1 aromatic carbocycles. The highest BCUT2D eigenvalue weighted by Crippen LogP contribution is 2.57. The third-order valence-electron chi connectivity index (χ3n) is 7.48. The average molecular weight is 368 g/mol. The van der Waals surface area contributed by atoms with E-state index in [1.165, 1.54) is 24.0 Å². The fraction of sp³-hybridized carbons (Fsp3) is 0.636. The lowest BCUT2D eigenvalue weighted by atomic mass is 9.56. The number of piperidine rings is 1. The minimum absolute atomic E-state index is 0.0579.